The second-order valence-corrected chi connectivity index (χ2v) is 5.13. The Morgan fingerprint density at radius 2 is 2.21 bits per heavy atom. The molecule has 4 nitrogen and oxygen atoms in total. The molecule has 5 heteroatoms. The Hall–Kier alpha value is -1.42. The molecular weight excluding hydrogens is 266 g/mol. The second-order valence-electron chi connectivity index (χ2n) is 4.73. The maximum Gasteiger partial charge on any atom is 0.310 e. The summed E-state index contributed by atoms with van der Waals surface area (Å²) in [5.41, 5.74) is 7.05. The highest BCUT2D eigenvalue weighted by Crippen LogP contribution is 2.34. The molecule has 1 aliphatic rings. The number of benzene rings is 1. The number of anilines is 1. The first-order chi connectivity index (χ1) is 9.10. The Labute approximate surface area is 117 Å². The first-order valence-corrected chi connectivity index (χ1v) is 6.84. The van der Waals surface area contributed by atoms with Gasteiger partial charge in [-0.2, -0.15) is 0 Å². The molecule has 1 fully saturated rings. The highest BCUT2D eigenvalue weighted by atomic mass is 35.5. The number of hydrogen-bond acceptors (Lipinski definition) is 4. The molecule has 19 heavy (non-hydrogen) atoms. The molecule has 0 amide bonds. The van der Waals surface area contributed by atoms with E-state index in [2.05, 4.69) is 0 Å². The molecule has 0 unspecified atom stereocenters. The van der Waals surface area contributed by atoms with Crippen LogP contribution in [0.15, 0.2) is 12.1 Å². The van der Waals surface area contributed by atoms with Gasteiger partial charge >= 0.3 is 5.97 Å². The van der Waals surface area contributed by atoms with Crippen molar-refractivity contribution in [3.05, 3.63) is 22.7 Å². The van der Waals surface area contributed by atoms with Crippen LogP contribution in [-0.4, -0.2) is 19.2 Å². The summed E-state index contributed by atoms with van der Waals surface area (Å²) in [6.07, 6.45) is 2.58. The summed E-state index contributed by atoms with van der Waals surface area (Å²) in [5, 5.41) is 0.410. The third-order valence-corrected chi connectivity index (χ3v) is 3.29. The van der Waals surface area contributed by atoms with Crippen LogP contribution in [0.2, 0.25) is 5.02 Å². The average molecular weight is 284 g/mol. The van der Waals surface area contributed by atoms with Gasteiger partial charge in [-0.25, -0.2) is 0 Å². The maximum absolute atomic E-state index is 11.5. The van der Waals surface area contributed by atoms with E-state index in [-0.39, 0.29) is 12.4 Å². The lowest BCUT2D eigenvalue weighted by Crippen LogP contribution is -2.09. The standard InChI is InChI=1S/C14H18ClNO3/c1-2-18-13(17)7-10-5-11(15)14(16)12(6-10)19-8-9-3-4-9/h5-6,9H,2-4,7-8,16H2,1H3. The fraction of sp³-hybridized carbons (Fsp3) is 0.500. The number of carbonyl (C=O) groups is 1. The molecule has 0 aromatic heterocycles. The topological polar surface area (TPSA) is 61.5 Å². The molecule has 1 aliphatic carbocycles. The summed E-state index contributed by atoms with van der Waals surface area (Å²) in [7, 11) is 0. The Kier molecular flexibility index (Phi) is 4.53. The SMILES string of the molecule is CCOC(=O)Cc1cc(Cl)c(N)c(OCC2CC2)c1. The molecule has 0 spiro atoms. The van der Waals surface area contributed by atoms with Crippen molar-refractivity contribution in [2.75, 3.05) is 18.9 Å². The Morgan fingerprint density at radius 3 is 2.84 bits per heavy atom. The molecule has 0 saturated heterocycles. The molecule has 0 bridgehead atoms. The van der Waals surface area contributed by atoms with Gasteiger partial charge in [0.05, 0.1) is 30.3 Å². The molecule has 1 saturated carbocycles. The van der Waals surface area contributed by atoms with E-state index in [0.717, 1.165) is 5.56 Å². The van der Waals surface area contributed by atoms with Gasteiger partial charge in [-0.3, -0.25) is 4.79 Å². The van der Waals surface area contributed by atoms with E-state index in [1.165, 1.54) is 12.8 Å². The molecule has 2 rings (SSSR count). The summed E-state index contributed by atoms with van der Waals surface area (Å²) in [6.45, 7) is 2.80. The van der Waals surface area contributed by atoms with Crippen molar-refractivity contribution in [2.24, 2.45) is 5.92 Å². The highest BCUT2D eigenvalue weighted by molar-refractivity contribution is 6.33. The van der Waals surface area contributed by atoms with Gasteiger partial charge in [-0.1, -0.05) is 11.6 Å². The van der Waals surface area contributed by atoms with Crippen LogP contribution in [0, 0.1) is 5.92 Å². The minimum absolute atomic E-state index is 0.174. The van der Waals surface area contributed by atoms with E-state index in [1.807, 2.05) is 0 Å². The first kappa shape index (κ1) is 14.0. The molecule has 0 atom stereocenters. The molecule has 0 radical (unpaired) electrons. The van der Waals surface area contributed by atoms with Crippen molar-refractivity contribution in [3.63, 3.8) is 0 Å². The highest BCUT2D eigenvalue weighted by Gasteiger charge is 2.22. The fourth-order valence-corrected chi connectivity index (χ4v) is 1.97. The van der Waals surface area contributed by atoms with Crippen LogP contribution >= 0.6 is 11.6 Å². The van der Waals surface area contributed by atoms with Crippen LogP contribution < -0.4 is 10.5 Å². The molecule has 104 valence electrons. The van der Waals surface area contributed by atoms with Crippen LogP contribution in [-0.2, 0) is 16.0 Å². The average Bonchev–Trinajstić information content (AvgIpc) is 3.16. The van der Waals surface area contributed by atoms with Crippen LogP contribution in [0.1, 0.15) is 25.3 Å². The van der Waals surface area contributed by atoms with E-state index in [9.17, 15) is 4.79 Å². The van der Waals surface area contributed by atoms with Gasteiger partial charge in [0.1, 0.15) is 5.75 Å². The van der Waals surface area contributed by atoms with Crippen molar-refractivity contribution in [1.29, 1.82) is 0 Å². The second kappa shape index (κ2) is 6.15. The van der Waals surface area contributed by atoms with Crippen LogP contribution in [0.3, 0.4) is 0 Å². The molecule has 0 aliphatic heterocycles. The van der Waals surface area contributed by atoms with Crippen LogP contribution in [0.4, 0.5) is 5.69 Å². The van der Waals surface area contributed by atoms with Crippen molar-refractivity contribution in [3.8, 4) is 5.75 Å². The maximum atomic E-state index is 11.5. The molecule has 1 aromatic carbocycles. The van der Waals surface area contributed by atoms with Gasteiger partial charge < -0.3 is 15.2 Å². The van der Waals surface area contributed by atoms with Gasteiger partial charge in [0.15, 0.2) is 0 Å². The summed E-state index contributed by atoms with van der Waals surface area (Å²) >= 11 is 6.05. The third-order valence-electron chi connectivity index (χ3n) is 2.98. The van der Waals surface area contributed by atoms with Crippen molar-refractivity contribution in [2.45, 2.75) is 26.2 Å². The van der Waals surface area contributed by atoms with Crippen molar-refractivity contribution < 1.29 is 14.3 Å². The van der Waals surface area contributed by atoms with Gasteiger partial charge in [-0.15, -0.1) is 0 Å². The quantitative estimate of drug-likeness (QED) is 0.644. The van der Waals surface area contributed by atoms with Gasteiger partial charge in [0, 0.05) is 0 Å². The number of esters is 1. The molecular formula is C14H18ClNO3. The fourth-order valence-electron chi connectivity index (χ4n) is 1.74. The van der Waals surface area contributed by atoms with E-state index in [0.29, 0.717) is 35.6 Å². The number of nitrogens with two attached hydrogens (primary N) is 1. The monoisotopic (exact) mass is 283 g/mol. The minimum atomic E-state index is -0.281. The molecule has 1 aromatic rings. The van der Waals surface area contributed by atoms with Crippen LogP contribution in [0.25, 0.3) is 0 Å². The predicted molar refractivity (Wildman–Crippen MR) is 74.4 cm³/mol. The normalized spacial score (nSPS) is 14.2. The molecule has 0 heterocycles. The third kappa shape index (κ3) is 4.03. The van der Waals surface area contributed by atoms with E-state index in [1.54, 1.807) is 19.1 Å². The van der Waals surface area contributed by atoms with E-state index in [4.69, 9.17) is 26.8 Å². The summed E-state index contributed by atoms with van der Waals surface area (Å²) in [4.78, 5) is 11.5. The summed E-state index contributed by atoms with van der Waals surface area (Å²) in [5.74, 6) is 0.905. The zero-order valence-electron chi connectivity index (χ0n) is 10.9. The smallest absolute Gasteiger partial charge is 0.310 e. The number of rotatable bonds is 6. The number of nitrogen functional groups attached to an aromatic ring is 1. The zero-order chi connectivity index (χ0) is 13.8. The summed E-state index contributed by atoms with van der Waals surface area (Å²) < 4.78 is 10.6. The van der Waals surface area contributed by atoms with Gasteiger partial charge in [0.2, 0.25) is 0 Å². The van der Waals surface area contributed by atoms with E-state index >= 15 is 0 Å². The minimum Gasteiger partial charge on any atom is -0.491 e. The largest absolute Gasteiger partial charge is 0.491 e. The zero-order valence-corrected chi connectivity index (χ0v) is 11.7. The lowest BCUT2D eigenvalue weighted by atomic mass is 10.1. The number of ether oxygens (including phenoxy) is 2. The summed E-state index contributed by atoms with van der Waals surface area (Å²) in [6, 6.07) is 3.44. The number of halogens is 1. The van der Waals surface area contributed by atoms with Gasteiger partial charge in [0.25, 0.3) is 0 Å². The van der Waals surface area contributed by atoms with Crippen LogP contribution in [0.5, 0.6) is 5.75 Å². The first-order valence-electron chi connectivity index (χ1n) is 6.46. The molecule has 2 N–H and O–H groups in total. The van der Waals surface area contributed by atoms with E-state index < -0.39 is 0 Å². The lowest BCUT2D eigenvalue weighted by Gasteiger charge is -2.12. The van der Waals surface area contributed by atoms with Crippen molar-refractivity contribution >= 4 is 23.3 Å². The lowest BCUT2D eigenvalue weighted by molar-refractivity contribution is -0.142. The Bertz CT molecular complexity index is 472. The van der Waals surface area contributed by atoms with Crippen molar-refractivity contribution in [1.82, 2.24) is 0 Å². The Balaban J connectivity index is 2.07. The predicted octanol–water partition coefficient (Wildman–Crippen LogP) is 2.82. The Morgan fingerprint density at radius 1 is 1.47 bits per heavy atom. The van der Waals surface area contributed by atoms with Gasteiger partial charge in [-0.05, 0) is 43.4 Å². The number of carbonyl (C=O) groups excluding carboxylic acids is 1. The number of hydrogen-bond donors (Lipinski definition) is 1.